The van der Waals surface area contributed by atoms with Gasteiger partial charge in [-0.3, -0.25) is 10.1 Å². The summed E-state index contributed by atoms with van der Waals surface area (Å²) in [5, 5.41) is 18.9. The topological polar surface area (TPSA) is 126 Å². The van der Waals surface area contributed by atoms with Crippen molar-refractivity contribution < 1.29 is 14.5 Å². The number of likely N-dealkylation sites (tertiary alicyclic amines) is 1. The molecule has 11 nitrogen and oxygen atoms in total. The molecule has 42 heavy (non-hydrogen) atoms. The van der Waals surface area contributed by atoms with E-state index in [4.69, 9.17) is 14.7 Å². The van der Waals surface area contributed by atoms with Crippen LogP contribution < -0.4 is 15.5 Å². The van der Waals surface area contributed by atoms with Crippen LogP contribution >= 0.6 is 0 Å². The Hall–Kier alpha value is -3.99. The maximum Gasteiger partial charge on any atom is 0.410 e. The van der Waals surface area contributed by atoms with Gasteiger partial charge in [0.1, 0.15) is 11.4 Å². The minimum atomic E-state index is -0.523. The van der Waals surface area contributed by atoms with Gasteiger partial charge in [0.05, 0.1) is 10.4 Å². The lowest BCUT2D eigenvalue weighted by atomic mass is 9.60. The third-order valence-electron chi connectivity index (χ3n) is 8.76. The summed E-state index contributed by atoms with van der Waals surface area (Å²) in [6, 6.07) is 14.8. The molecule has 0 aliphatic carbocycles. The van der Waals surface area contributed by atoms with Gasteiger partial charge in [-0.05, 0) is 70.8 Å². The highest BCUT2D eigenvalue weighted by Gasteiger charge is 2.60. The van der Waals surface area contributed by atoms with Gasteiger partial charge in [0.2, 0.25) is 5.95 Å². The summed E-state index contributed by atoms with van der Waals surface area (Å²) in [4.78, 5) is 37.7. The SMILES string of the molecule is CC(C)(C)OC(=O)N1CC2(CCNCC2)C1C1CN(c2nc(NCCc3ccc([N+](=O)[O-])cc3)c3ccccc3n2)C1. The molecule has 1 aromatic heterocycles. The summed E-state index contributed by atoms with van der Waals surface area (Å²) in [5.41, 5.74) is 1.60. The maximum atomic E-state index is 13.1. The van der Waals surface area contributed by atoms with Crippen molar-refractivity contribution in [3.05, 3.63) is 64.2 Å². The maximum absolute atomic E-state index is 13.1. The van der Waals surface area contributed by atoms with E-state index >= 15 is 0 Å². The fourth-order valence-corrected chi connectivity index (χ4v) is 6.71. The number of carbonyl (C=O) groups is 1. The number of non-ortho nitro benzene ring substituents is 1. The summed E-state index contributed by atoms with van der Waals surface area (Å²) < 4.78 is 5.78. The molecular formula is C31H39N7O4. The number of fused-ring (bicyclic) bond motifs is 1. The summed E-state index contributed by atoms with van der Waals surface area (Å²) in [5.74, 6) is 1.79. The molecule has 0 bridgehead atoms. The number of hydrogen-bond acceptors (Lipinski definition) is 9. The molecule has 3 aliphatic rings. The number of nitrogens with zero attached hydrogens (tertiary/aromatic N) is 5. The molecule has 2 aromatic carbocycles. The van der Waals surface area contributed by atoms with E-state index in [1.165, 1.54) is 12.1 Å². The van der Waals surface area contributed by atoms with Crippen molar-refractivity contribution in [2.45, 2.75) is 51.7 Å². The van der Waals surface area contributed by atoms with Gasteiger partial charge < -0.3 is 25.2 Å². The molecule has 3 aromatic rings. The van der Waals surface area contributed by atoms with Crippen LogP contribution in [0.15, 0.2) is 48.5 Å². The Bertz CT molecular complexity index is 1460. The number of nitro benzene ring substituents is 1. The molecular weight excluding hydrogens is 534 g/mol. The number of piperidine rings is 1. The largest absolute Gasteiger partial charge is 0.444 e. The van der Waals surface area contributed by atoms with E-state index in [0.29, 0.717) is 24.8 Å². The first-order valence-electron chi connectivity index (χ1n) is 14.8. The average molecular weight is 574 g/mol. The molecule has 4 heterocycles. The summed E-state index contributed by atoms with van der Waals surface area (Å²) >= 11 is 0. The van der Waals surface area contributed by atoms with E-state index < -0.39 is 5.60 Å². The second-order valence-electron chi connectivity index (χ2n) is 12.8. The molecule has 3 saturated heterocycles. The molecule has 1 spiro atoms. The van der Waals surface area contributed by atoms with Crippen LogP contribution in [0.3, 0.4) is 0 Å². The number of aromatic nitrogens is 2. The molecule has 6 rings (SSSR count). The third kappa shape index (κ3) is 5.57. The lowest BCUT2D eigenvalue weighted by Gasteiger charge is -2.64. The molecule has 3 aliphatic heterocycles. The van der Waals surface area contributed by atoms with Crippen LogP contribution in [0, 0.1) is 21.4 Å². The Morgan fingerprint density at radius 1 is 1.12 bits per heavy atom. The summed E-state index contributed by atoms with van der Waals surface area (Å²) in [6.07, 6.45) is 2.64. The second kappa shape index (κ2) is 11.0. The van der Waals surface area contributed by atoms with Gasteiger partial charge in [-0.25, -0.2) is 9.78 Å². The quantitative estimate of drug-likeness (QED) is 0.308. The van der Waals surface area contributed by atoms with Crippen molar-refractivity contribution in [2.24, 2.45) is 11.3 Å². The van der Waals surface area contributed by atoms with Crippen molar-refractivity contribution in [3.8, 4) is 0 Å². The number of ether oxygens (including phenoxy) is 1. The van der Waals surface area contributed by atoms with Crippen molar-refractivity contribution in [1.82, 2.24) is 20.2 Å². The predicted octanol–water partition coefficient (Wildman–Crippen LogP) is 4.62. The van der Waals surface area contributed by atoms with Crippen molar-refractivity contribution >= 4 is 34.4 Å². The third-order valence-corrected chi connectivity index (χ3v) is 8.76. The number of benzene rings is 2. The standard InChI is InChI=1S/C31H39N7O4/c1-30(2,3)42-29(39)37-20-31(13-16-32-17-14-31)26(37)22-18-36(19-22)28-34-25-7-5-4-6-24(25)27(35-28)33-15-12-21-8-10-23(11-9-21)38(40)41/h4-11,22,26,32H,12-20H2,1-3H3,(H,33,34,35). The fourth-order valence-electron chi connectivity index (χ4n) is 6.71. The van der Waals surface area contributed by atoms with E-state index in [1.54, 1.807) is 12.1 Å². The molecule has 3 fully saturated rings. The van der Waals surface area contributed by atoms with Crippen molar-refractivity contribution in [1.29, 1.82) is 0 Å². The van der Waals surface area contributed by atoms with Crippen LogP contribution in [-0.4, -0.2) is 76.8 Å². The lowest BCUT2D eigenvalue weighted by Crippen LogP contribution is -2.75. The summed E-state index contributed by atoms with van der Waals surface area (Å²) in [7, 11) is 0. The smallest absolute Gasteiger partial charge is 0.410 e. The Morgan fingerprint density at radius 2 is 1.83 bits per heavy atom. The highest BCUT2D eigenvalue weighted by Crippen LogP contribution is 2.50. The number of rotatable bonds is 7. The Balaban J connectivity index is 1.16. The molecule has 1 atom stereocenters. The van der Waals surface area contributed by atoms with E-state index in [1.807, 2.05) is 49.9 Å². The van der Waals surface area contributed by atoms with E-state index in [2.05, 4.69) is 15.5 Å². The van der Waals surface area contributed by atoms with Gasteiger partial charge in [0.25, 0.3) is 5.69 Å². The number of carbonyl (C=O) groups excluding carboxylic acids is 1. The van der Waals surface area contributed by atoms with E-state index in [0.717, 1.165) is 67.8 Å². The van der Waals surface area contributed by atoms with Gasteiger partial charge >= 0.3 is 6.09 Å². The van der Waals surface area contributed by atoms with Crippen LogP contribution in [0.1, 0.15) is 39.2 Å². The first-order valence-corrected chi connectivity index (χ1v) is 14.8. The zero-order chi connectivity index (χ0) is 29.5. The molecule has 1 amide bonds. The van der Waals surface area contributed by atoms with Crippen LogP contribution in [0.5, 0.6) is 0 Å². The van der Waals surface area contributed by atoms with Crippen molar-refractivity contribution in [2.75, 3.05) is 49.5 Å². The lowest BCUT2D eigenvalue weighted by molar-refractivity contribution is -0.384. The first-order chi connectivity index (χ1) is 20.1. The van der Waals surface area contributed by atoms with Gasteiger partial charge in [0.15, 0.2) is 0 Å². The molecule has 11 heteroatoms. The minimum Gasteiger partial charge on any atom is -0.444 e. The average Bonchev–Trinajstić information content (AvgIpc) is 2.93. The molecule has 2 N–H and O–H groups in total. The van der Waals surface area contributed by atoms with Crippen LogP contribution in [0.4, 0.5) is 22.2 Å². The number of hydrogen-bond donors (Lipinski definition) is 2. The highest BCUT2D eigenvalue weighted by atomic mass is 16.6. The van der Waals surface area contributed by atoms with E-state index in [-0.39, 0.29) is 28.2 Å². The van der Waals surface area contributed by atoms with Gasteiger partial charge in [-0.2, -0.15) is 4.98 Å². The molecule has 1 unspecified atom stereocenters. The Morgan fingerprint density at radius 3 is 2.52 bits per heavy atom. The van der Waals surface area contributed by atoms with Gasteiger partial charge in [-0.1, -0.05) is 24.3 Å². The number of nitro groups is 1. The monoisotopic (exact) mass is 573 g/mol. The second-order valence-corrected chi connectivity index (χ2v) is 12.8. The molecule has 222 valence electrons. The Kier molecular flexibility index (Phi) is 7.38. The molecule has 0 saturated carbocycles. The molecule has 0 radical (unpaired) electrons. The minimum absolute atomic E-state index is 0.0909. The first kappa shape index (κ1) is 28.1. The highest BCUT2D eigenvalue weighted by molar-refractivity contribution is 5.90. The number of amides is 1. The zero-order valence-electron chi connectivity index (χ0n) is 24.5. The van der Waals surface area contributed by atoms with E-state index in [9.17, 15) is 14.9 Å². The van der Waals surface area contributed by atoms with Gasteiger partial charge in [0, 0.05) is 61.1 Å². The number of nitrogens with one attached hydrogen (secondary N) is 2. The fraction of sp³-hybridized carbons (Fsp3) is 0.516. The van der Waals surface area contributed by atoms with Gasteiger partial charge in [-0.15, -0.1) is 0 Å². The van der Waals surface area contributed by atoms with Crippen molar-refractivity contribution in [3.63, 3.8) is 0 Å². The number of anilines is 2. The van der Waals surface area contributed by atoms with Crippen LogP contribution in [0.2, 0.25) is 0 Å². The van der Waals surface area contributed by atoms with Crippen LogP contribution in [-0.2, 0) is 11.2 Å². The Labute approximate surface area is 245 Å². The normalized spacial score (nSPS) is 20.2. The summed E-state index contributed by atoms with van der Waals surface area (Å²) in [6.45, 7) is 10.7. The number of para-hydroxylation sites is 1. The zero-order valence-corrected chi connectivity index (χ0v) is 24.5. The van der Waals surface area contributed by atoms with Crippen LogP contribution in [0.25, 0.3) is 10.9 Å². The predicted molar refractivity (Wildman–Crippen MR) is 162 cm³/mol.